The average molecular weight is 238 g/mol. The molecule has 16 heavy (non-hydrogen) atoms. The number of benzene rings is 1. The van der Waals surface area contributed by atoms with Gasteiger partial charge in [0, 0.05) is 0 Å². The van der Waals surface area contributed by atoms with Crippen molar-refractivity contribution in [2.75, 3.05) is 0 Å². The lowest BCUT2D eigenvalue weighted by molar-refractivity contribution is 0.589. The summed E-state index contributed by atoms with van der Waals surface area (Å²) in [6, 6.07) is 10.8. The van der Waals surface area contributed by atoms with Crippen LogP contribution in [0, 0.1) is 0 Å². The van der Waals surface area contributed by atoms with Gasteiger partial charge in [-0.3, -0.25) is 0 Å². The van der Waals surface area contributed by atoms with Crippen LogP contribution in [0.15, 0.2) is 30.3 Å². The summed E-state index contributed by atoms with van der Waals surface area (Å²) >= 11 is 0. The molecule has 0 saturated heterocycles. The minimum absolute atomic E-state index is 0. The van der Waals surface area contributed by atoms with Gasteiger partial charge in [0.05, 0.1) is 0 Å². The van der Waals surface area contributed by atoms with Gasteiger partial charge in [0.1, 0.15) is 0 Å². The van der Waals surface area contributed by atoms with Crippen LogP contribution in [0.2, 0.25) is 0 Å². The number of hydrogen-bond acceptors (Lipinski definition) is 0. The second kappa shape index (κ2) is 11.1. The molecule has 0 N–H and O–H groups in total. The van der Waals surface area contributed by atoms with Crippen molar-refractivity contribution in [3.05, 3.63) is 35.9 Å². The average Bonchev–Trinajstić information content (AvgIpc) is 2.29. The Kier molecular flexibility index (Phi) is 10.8. The first kappa shape index (κ1) is 15.6. The molecule has 0 fully saturated rings. The van der Waals surface area contributed by atoms with Gasteiger partial charge in [-0.2, -0.15) is 13.5 Å². The Bertz CT molecular complexity index is 230. The predicted molar refractivity (Wildman–Crippen MR) is 78.5 cm³/mol. The Balaban J connectivity index is 0.00000225. The van der Waals surface area contributed by atoms with Crippen LogP contribution in [0.5, 0.6) is 0 Å². The molecule has 1 aromatic carbocycles. The van der Waals surface area contributed by atoms with Crippen molar-refractivity contribution >= 4 is 13.5 Å². The van der Waals surface area contributed by atoms with Gasteiger partial charge in [-0.1, -0.05) is 75.8 Å². The van der Waals surface area contributed by atoms with Crippen molar-refractivity contribution in [2.24, 2.45) is 0 Å². The third-order valence-electron chi connectivity index (χ3n) is 2.91. The minimum atomic E-state index is 0. The largest absolute Gasteiger partial charge is 0.197 e. The van der Waals surface area contributed by atoms with Crippen molar-refractivity contribution in [1.82, 2.24) is 0 Å². The second-order valence-electron chi connectivity index (χ2n) is 4.36. The maximum absolute atomic E-state index is 2.27. The maximum Gasteiger partial charge on any atom is -0.0279 e. The summed E-state index contributed by atoms with van der Waals surface area (Å²) in [5.74, 6) is 0. The second-order valence-corrected chi connectivity index (χ2v) is 4.36. The molecule has 0 aliphatic heterocycles. The molecule has 0 nitrogen and oxygen atoms in total. The molecule has 92 valence electrons. The Morgan fingerprint density at radius 3 is 1.94 bits per heavy atom. The predicted octanol–water partition coefficient (Wildman–Crippen LogP) is 5.09. The summed E-state index contributed by atoms with van der Waals surface area (Å²) in [6.45, 7) is 2.27. The van der Waals surface area contributed by atoms with E-state index in [0.717, 1.165) is 0 Å². The van der Waals surface area contributed by atoms with Crippen LogP contribution >= 0.6 is 13.5 Å². The molecule has 0 amide bonds. The highest BCUT2D eigenvalue weighted by atomic mass is 32.1. The molecule has 1 heteroatoms. The standard InChI is InChI=1S/C15H24.H2S/c1-2-3-4-5-6-7-9-12-15-13-10-8-11-14-15;/h8,10-11,13-14H,2-7,9,12H2,1H3;1H2. The highest BCUT2D eigenvalue weighted by Crippen LogP contribution is 2.10. The molecule has 0 unspecified atom stereocenters. The van der Waals surface area contributed by atoms with Gasteiger partial charge in [0.2, 0.25) is 0 Å². The summed E-state index contributed by atoms with van der Waals surface area (Å²) in [5.41, 5.74) is 1.49. The van der Waals surface area contributed by atoms with Gasteiger partial charge in [0.25, 0.3) is 0 Å². The summed E-state index contributed by atoms with van der Waals surface area (Å²) in [5, 5.41) is 0. The van der Waals surface area contributed by atoms with Gasteiger partial charge in [-0.25, -0.2) is 0 Å². The van der Waals surface area contributed by atoms with Crippen LogP contribution in [0.3, 0.4) is 0 Å². The highest BCUT2D eigenvalue weighted by Gasteiger charge is 1.92. The molecule has 0 saturated carbocycles. The molecule has 0 aliphatic carbocycles. The highest BCUT2D eigenvalue weighted by molar-refractivity contribution is 7.59. The Labute approximate surface area is 108 Å². The first-order valence-electron chi connectivity index (χ1n) is 6.47. The van der Waals surface area contributed by atoms with Gasteiger partial charge in [-0.05, 0) is 18.4 Å². The lowest BCUT2D eigenvalue weighted by Crippen LogP contribution is -1.85. The molecule has 0 aliphatic rings. The van der Waals surface area contributed by atoms with Crippen LogP contribution in [0.1, 0.15) is 57.4 Å². The first-order chi connectivity index (χ1) is 7.43. The minimum Gasteiger partial charge on any atom is -0.197 e. The third-order valence-corrected chi connectivity index (χ3v) is 2.91. The number of unbranched alkanes of at least 4 members (excludes halogenated alkanes) is 6. The number of hydrogen-bond donors (Lipinski definition) is 0. The Morgan fingerprint density at radius 1 is 0.750 bits per heavy atom. The van der Waals surface area contributed by atoms with Crippen molar-refractivity contribution in [1.29, 1.82) is 0 Å². The number of aryl methyl sites for hydroxylation is 1. The molecule has 0 radical (unpaired) electrons. The maximum atomic E-state index is 2.27. The van der Waals surface area contributed by atoms with Crippen molar-refractivity contribution in [3.8, 4) is 0 Å². The quantitative estimate of drug-likeness (QED) is 0.553. The van der Waals surface area contributed by atoms with Gasteiger partial charge in [0.15, 0.2) is 0 Å². The van der Waals surface area contributed by atoms with Gasteiger partial charge >= 0.3 is 0 Å². The summed E-state index contributed by atoms with van der Waals surface area (Å²) in [7, 11) is 0. The fourth-order valence-electron chi connectivity index (χ4n) is 1.93. The van der Waals surface area contributed by atoms with E-state index in [2.05, 4.69) is 37.3 Å². The molecule has 0 spiro atoms. The first-order valence-corrected chi connectivity index (χ1v) is 6.47. The van der Waals surface area contributed by atoms with Crippen LogP contribution in [0.25, 0.3) is 0 Å². The van der Waals surface area contributed by atoms with E-state index in [1.807, 2.05) is 0 Å². The van der Waals surface area contributed by atoms with Crippen LogP contribution in [-0.4, -0.2) is 0 Å². The van der Waals surface area contributed by atoms with Crippen LogP contribution < -0.4 is 0 Å². The van der Waals surface area contributed by atoms with E-state index >= 15 is 0 Å². The van der Waals surface area contributed by atoms with Gasteiger partial charge in [-0.15, -0.1) is 0 Å². The molecule has 1 aromatic rings. The topological polar surface area (TPSA) is 0 Å². The normalized spacial score (nSPS) is 9.81. The zero-order valence-corrected chi connectivity index (χ0v) is 11.5. The summed E-state index contributed by atoms with van der Waals surface area (Å²) < 4.78 is 0. The Hall–Kier alpha value is -0.430. The lowest BCUT2D eigenvalue weighted by Gasteiger charge is -2.01. The number of rotatable bonds is 8. The molecule has 0 bridgehead atoms. The summed E-state index contributed by atoms with van der Waals surface area (Å²) in [6.07, 6.45) is 11.1. The van der Waals surface area contributed by atoms with E-state index in [4.69, 9.17) is 0 Å². The van der Waals surface area contributed by atoms with Crippen molar-refractivity contribution in [3.63, 3.8) is 0 Å². The molecular weight excluding hydrogens is 212 g/mol. The fraction of sp³-hybridized carbons (Fsp3) is 0.600. The van der Waals surface area contributed by atoms with E-state index in [1.54, 1.807) is 0 Å². The van der Waals surface area contributed by atoms with E-state index < -0.39 is 0 Å². The van der Waals surface area contributed by atoms with E-state index in [-0.39, 0.29) is 13.5 Å². The molecule has 0 aromatic heterocycles. The fourth-order valence-corrected chi connectivity index (χ4v) is 1.93. The monoisotopic (exact) mass is 238 g/mol. The summed E-state index contributed by atoms with van der Waals surface area (Å²) in [4.78, 5) is 0. The van der Waals surface area contributed by atoms with E-state index in [1.165, 1.54) is 56.9 Å². The van der Waals surface area contributed by atoms with Crippen LogP contribution in [0.4, 0.5) is 0 Å². The van der Waals surface area contributed by atoms with Crippen LogP contribution in [-0.2, 0) is 6.42 Å². The SMILES string of the molecule is CCCCCCCCCc1ccccc1.S. The third kappa shape index (κ3) is 7.81. The molecule has 1 rings (SSSR count). The zero-order chi connectivity index (χ0) is 10.8. The molecular formula is C15H26S. The van der Waals surface area contributed by atoms with E-state index in [0.29, 0.717) is 0 Å². The van der Waals surface area contributed by atoms with Gasteiger partial charge < -0.3 is 0 Å². The lowest BCUT2D eigenvalue weighted by atomic mass is 10.0. The molecule has 0 heterocycles. The van der Waals surface area contributed by atoms with E-state index in [9.17, 15) is 0 Å². The van der Waals surface area contributed by atoms with Crippen molar-refractivity contribution < 1.29 is 0 Å². The smallest absolute Gasteiger partial charge is 0.0279 e. The zero-order valence-electron chi connectivity index (χ0n) is 10.5. The van der Waals surface area contributed by atoms with Crippen molar-refractivity contribution in [2.45, 2.75) is 58.3 Å². The molecule has 0 atom stereocenters. The Morgan fingerprint density at radius 2 is 1.31 bits per heavy atom.